The van der Waals surface area contributed by atoms with Crippen molar-refractivity contribution in [3.05, 3.63) is 74.2 Å². The number of hydrogen-bond donors (Lipinski definition) is 1. The molecule has 0 atom stereocenters. The summed E-state index contributed by atoms with van der Waals surface area (Å²) in [6, 6.07) is 10.8. The van der Waals surface area contributed by atoms with Crippen LogP contribution < -0.4 is 10.9 Å². The molecule has 3 aromatic rings. The molecule has 0 spiro atoms. The third-order valence-electron chi connectivity index (χ3n) is 4.21. The lowest BCUT2D eigenvalue weighted by Crippen LogP contribution is -2.29. The number of nitro groups is 1. The topological polar surface area (TPSA) is 107 Å². The molecule has 0 saturated heterocycles. The largest absolute Gasteiger partial charge is 0.320 e. The summed E-state index contributed by atoms with van der Waals surface area (Å²) in [5.41, 5.74) is 0.687. The van der Waals surface area contributed by atoms with Crippen LogP contribution in [0.15, 0.2) is 47.3 Å². The van der Waals surface area contributed by atoms with Crippen molar-refractivity contribution >= 4 is 28.1 Å². The molecule has 0 aliphatic rings. The SMILES string of the molecule is Cc1ccc([N+](=O)[O-])cc1NC(=O)c1nn(C(C)C)c(=O)c2ccccc12. The molecule has 0 fully saturated rings. The Morgan fingerprint density at radius 3 is 2.48 bits per heavy atom. The maximum atomic E-state index is 12.9. The van der Waals surface area contributed by atoms with Gasteiger partial charge in [-0.3, -0.25) is 19.7 Å². The van der Waals surface area contributed by atoms with Crippen LogP contribution in [0.4, 0.5) is 11.4 Å². The summed E-state index contributed by atoms with van der Waals surface area (Å²) in [4.78, 5) is 35.9. The second kappa shape index (κ2) is 6.99. The first-order valence-electron chi connectivity index (χ1n) is 8.37. The smallest absolute Gasteiger partial charge is 0.276 e. The van der Waals surface area contributed by atoms with E-state index in [2.05, 4.69) is 10.4 Å². The fourth-order valence-electron chi connectivity index (χ4n) is 2.76. The van der Waals surface area contributed by atoms with Crippen LogP contribution in [-0.2, 0) is 0 Å². The Bertz CT molecular complexity index is 1120. The molecule has 1 heterocycles. The Hall–Kier alpha value is -3.55. The molecule has 2 aromatic carbocycles. The highest BCUT2D eigenvalue weighted by molar-refractivity contribution is 6.11. The van der Waals surface area contributed by atoms with Gasteiger partial charge in [0.2, 0.25) is 0 Å². The first-order valence-corrected chi connectivity index (χ1v) is 8.37. The van der Waals surface area contributed by atoms with Crippen molar-refractivity contribution in [3.63, 3.8) is 0 Å². The number of anilines is 1. The van der Waals surface area contributed by atoms with Crippen LogP contribution in [-0.4, -0.2) is 20.6 Å². The first kappa shape index (κ1) is 18.2. The third-order valence-corrected chi connectivity index (χ3v) is 4.21. The Morgan fingerprint density at radius 2 is 1.85 bits per heavy atom. The number of carbonyl (C=O) groups excluding carboxylic acids is 1. The van der Waals surface area contributed by atoms with Crippen LogP contribution in [0.5, 0.6) is 0 Å². The number of benzene rings is 2. The highest BCUT2D eigenvalue weighted by Gasteiger charge is 2.19. The second-order valence-corrected chi connectivity index (χ2v) is 6.45. The lowest BCUT2D eigenvalue weighted by Gasteiger charge is -2.14. The van der Waals surface area contributed by atoms with Crippen LogP contribution in [0.25, 0.3) is 10.8 Å². The molecule has 8 heteroatoms. The second-order valence-electron chi connectivity index (χ2n) is 6.45. The number of nitro benzene ring substituents is 1. The van der Waals surface area contributed by atoms with Gasteiger partial charge in [0, 0.05) is 17.5 Å². The number of amides is 1. The molecule has 0 bridgehead atoms. The molecule has 27 heavy (non-hydrogen) atoms. The first-order chi connectivity index (χ1) is 12.8. The molecular weight excluding hydrogens is 348 g/mol. The van der Waals surface area contributed by atoms with E-state index in [0.29, 0.717) is 22.0 Å². The van der Waals surface area contributed by atoms with Gasteiger partial charge in [-0.1, -0.05) is 24.3 Å². The maximum absolute atomic E-state index is 12.9. The summed E-state index contributed by atoms with van der Waals surface area (Å²) < 4.78 is 1.26. The Labute approximate surface area is 154 Å². The average Bonchev–Trinajstić information content (AvgIpc) is 2.63. The lowest BCUT2D eigenvalue weighted by molar-refractivity contribution is -0.384. The van der Waals surface area contributed by atoms with Crippen molar-refractivity contribution in [2.24, 2.45) is 0 Å². The van der Waals surface area contributed by atoms with E-state index in [9.17, 15) is 19.7 Å². The molecule has 0 unspecified atom stereocenters. The molecule has 0 aliphatic carbocycles. The number of carbonyl (C=O) groups is 1. The molecule has 1 amide bonds. The minimum absolute atomic E-state index is 0.0878. The summed E-state index contributed by atoms with van der Waals surface area (Å²) in [5, 5.41) is 18.7. The van der Waals surface area contributed by atoms with Gasteiger partial charge in [0.15, 0.2) is 5.69 Å². The van der Waals surface area contributed by atoms with E-state index < -0.39 is 10.8 Å². The average molecular weight is 366 g/mol. The molecule has 1 N–H and O–H groups in total. The predicted octanol–water partition coefficient (Wildman–Crippen LogP) is 3.45. The van der Waals surface area contributed by atoms with Crippen LogP contribution in [0.3, 0.4) is 0 Å². The van der Waals surface area contributed by atoms with E-state index in [-0.39, 0.29) is 23.0 Å². The molecule has 0 saturated carbocycles. The van der Waals surface area contributed by atoms with E-state index in [4.69, 9.17) is 0 Å². The van der Waals surface area contributed by atoms with Gasteiger partial charge < -0.3 is 5.32 Å². The normalized spacial score (nSPS) is 11.0. The molecule has 0 radical (unpaired) electrons. The van der Waals surface area contributed by atoms with Crippen LogP contribution in [0, 0.1) is 17.0 Å². The number of rotatable bonds is 4. The van der Waals surface area contributed by atoms with E-state index in [1.807, 2.05) is 0 Å². The summed E-state index contributed by atoms with van der Waals surface area (Å²) in [5.74, 6) is -0.538. The fraction of sp³-hybridized carbons (Fsp3) is 0.211. The van der Waals surface area contributed by atoms with Crippen molar-refractivity contribution in [2.75, 3.05) is 5.32 Å². The quantitative estimate of drug-likeness (QED) is 0.562. The fourth-order valence-corrected chi connectivity index (χ4v) is 2.76. The maximum Gasteiger partial charge on any atom is 0.276 e. The van der Waals surface area contributed by atoms with Gasteiger partial charge >= 0.3 is 0 Å². The summed E-state index contributed by atoms with van der Waals surface area (Å²) in [6.07, 6.45) is 0. The monoisotopic (exact) mass is 366 g/mol. The molecule has 1 aromatic heterocycles. The van der Waals surface area contributed by atoms with Gasteiger partial charge in [0.05, 0.1) is 22.0 Å². The number of fused-ring (bicyclic) bond motifs is 1. The van der Waals surface area contributed by atoms with Crippen molar-refractivity contribution in [1.29, 1.82) is 0 Å². The third kappa shape index (κ3) is 3.41. The van der Waals surface area contributed by atoms with Crippen molar-refractivity contribution in [3.8, 4) is 0 Å². The predicted molar refractivity (Wildman–Crippen MR) is 102 cm³/mol. The molecular formula is C19H18N4O4. The molecule has 138 valence electrons. The zero-order valence-corrected chi connectivity index (χ0v) is 15.1. The van der Waals surface area contributed by atoms with Gasteiger partial charge in [-0.15, -0.1) is 0 Å². The minimum Gasteiger partial charge on any atom is -0.320 e. The van der Waals surface area contributed by atoms with Crippen molar-refractivity contribution in [2.45, 2.75) is 26.8 Å². The summed E-state index contributed by atoms with van der Waals surface area (Å²) in [6.45, 7) is 5.34. The number of non-ortho nitro benzene ring substituents is 1. The zero-order chi connectivity index (χ0) is 19.7. The van der Waals surface area contributed by atoms with Gasteiger partial charge in [-0.25, -0.2) is 4.68 Å². The molecule has 8 nitrogen and oxygen atoms in total. The minimum atomic E-state index is -0.538. The van der Waals surface area contributed by atoms with Gasteiger partial charge in [0.1, 0.15) is 0 Å². The Kier molecular flexibility index (Phi) is 4.72. The number of nitrogens with zero attached hydrogens (tertiary/aromatic N) is 3. The Morgan fingerprint density at radius 1 is 1.19 bits per heavy atom. The van der Waals surface area contributed by atoms with E-state index in [1.165, 1.54) is 16.8 Å². The standard InChI is InChI=1S/C19H18N4O4/c1-11(2)22-19(25)15-7-5-4-6-14(15)17(21-22)18(24)20-16-10-13(23(26)27)9-8-12(16)3/h4-11H,1-3H3,(H,20,24). The van der Waals surface area contributed by atoms with Crippen molar-refractivity contribution in [1.82, 2.24) is 9.78 Å². The number of aromatic nitrogens is 2. The van der Waals surface area contributed by atoms with Gasteiger partial charge in [0.25, 0.3) is 17.2 Å². The molecule has 0 aliphatic heterocycles. The lowest BCUT2D eigenvalue weighted by atomic mass is 10.1. The highest BCUT2D eigenvalue weighted by atomic mass is 16.6. The van der Waals surface area contributed by atoms with Crippen LogP contribution in [0.1, 0.15) is 35.9 Å². The zero-order valence-electron chi connectivity index (χ0n) is 15.1. The highest BCUT2D eigenvalue weighted by Crippen LogP contribution is 2.23. The van der Waals surface area contributed by atoms with Crippen LogP contribution >= 0.6 is 0 Å². The number of nitrogens with one attached hydrogen (secondary N) is 1. The Balaban J connectivity index is 2.12. The van der Waals surface area contributed by atoms with Crippen LogP contribution in [0.2, 0.25) is 0 Å². The summed E-state index contributed by atoms with van der Waals surface area (Å²) >= 11 is 0. The summed E-state index contributed by atoms with van der Waals surface area (Å²) in [7, 11) is 0. The number of hydrogen-bond acceptors (Lipinski definition) is 5. The van der Waals surface area contributed by atoms with E-state index in [1.54, 1.807) is 51.1 Å². The number of aryl methyl sites for hydroxylation is 1. The van der Waals surface area contributed by atoms with E-state index in [0.717, 1.165) is 0 Å². The van der Waals surface area contributed by atoms with Gasteiger partial charge in [-0.2, -0.15) is 5.10 Å². The van der Waals surface area contributed by atoms with E-state index >= 15 is 0 Å². The van der Waals surface area contributed by atoms with Crippen molar-refractivity contribution < 1.29 is 9.72 Å². The molecule has 3 rings (SSSR count). The van der Waals surface area contributed by atoms with Gasteiger partial charge in [-0.05, 0) is 32.4 Å².